The maximum atomic E-state index is 5.50. The van der Waals surface area contributed by atoms with E-state index in [1.165, 1.54) is 6.33 Å². The highest BCUT2D eigenvalue weighted by Crippen LogP contribution is 2.19. The topological polar surface area (TPSA) is 81.7 Å². The predicted molar refractivity (Wildman–Crippen MR) is 56.9 cm³/mol. The maximum Gasteiger partial charge on any atom is 0.138 e. The summed E-state index contributed by atoms with van der Waals surface area (Å²) in [4.78, 5) is 9.27. The van der Waals surface area contributed by atoms with Crippen molar-refractivity contribution in [2.75, 3.05) is 0 Å². The van der Waals surface area contributed by atoms with Gasteiger partial charge in [0.25, 0.3) is 0 Å². The molecule has 0 bridgehead atoms. The average Bonchev–Trinajstić information content (AvgIpc) is 2.86. The van der Waals surface area contributed by atoms with Gasteiger partial charge in [-0.05, 0) is 0 Å². The van der Waals surface area contributed by atoms with Crippen LogP contribution in [0.25, 0.3) is 0 Å². The molecule has 2 aromatic heterocycles. The zero-order valence-corrected chi connectivity index (χ0v) is 9.11. The van der Waals surface area contributed by atoms with Crippen LogP contribution in [0.2, 0.25) is 0 Å². The first-order valence-electron chi connectivity index (χ1n) is 4.48. The lowest BCUT2D eigenvalue weighted by atomic mass is 10.2. The van der Waals surface area contributed by atoms with Crippen molar-refractivity contribution in [1.29, 1.82) is 0 Å². The van der Waals surface area contributed by atoms with Crippen LogP contribution in [0.3, 0.4) is 0 Å². The van der Waals surface area contributed by atoms with Crippen molar-refractivity contribution in [3.63, 3.8) is 0 Å². The molecule has 80 valence electrons. The maximum absolute atomic E-state index is 5.50. The van der Waals surface area contributed by atoms with Crippen LogP contribution in [0, 0.1) is 0 Å². The number of aromatic nitrogens is 4. The third-order valence-corrected chi connectivity index (χ3v) is 3.08. The van der Waals surface area contributed by atoms with Crippen LogP contribution in [0.4, 0.5) is 0 Å². The summed E-state index contributed by atoms with van der Waals surface area (Å²) < 4.78 is 1.74. The van der Waals surface area contributed by atoms with Gasteiger partial charge in [-0.1, -0.05) is 0 Å². The Labute approximate surface area is 91.1 Å². The molecule has 0 fully saturated rings. The summed E-state index contributed by atoms with van der Waals surface area (Å²) in [6.45, 7) is 0. The molecule has 2 aromatic rings. The van der Waals surface area contributed by atoms with E-state index in [1.807, 2.05) is 13.2 Å². The molecule has 3 N–H and O–H groups in total. The summed E-state index contributed by atoms with van der Waals surface area (Å²) in [7, 11) is 1.86. The molecule has 0 saturated carbocycles. The zero-order valence-electron chi connectivity index (χ0n) is 8.29. The molecule has 0 aliphatic rings. The van der Waals surface area contributed by atoms with E-state index in [1.54, 1.807) is 21.5 Å². The number of thiazole rings is 1. The summed E-state index contributed by atoms with van der Waals surface area (Å²) in [5, 5.41) is 4.01. The Hall–Kier alpha value is -1.31. The van der Waals surface area contributed by atoms with E-state index in [4.69, 9.17) is 5.84 Å². The summed E-state index contributed by atoms with van der Waals surface area (Å²) in [5.41, 5.74) is 4.55. The molecule has 6 nitrogen and oxygen atoms in total. The number of hydrogen-bond donors (Lipinski definition) is 2. The molecule has 2 rings (SSSR count). The number of rotatable bonds is 4. The number of nitrogens with two attached hydrogens (primary N) is 1. The Morgan fingerprint density at radius 3 is 3.07 bits per heavy atom. The Kier molecular flexibility index (Phi) is 3.05. The van der Waals surface area contributed by atoms with Crippen molar-refractivity contribution in [2.24, 2.45) is 12.9 Å². The van der Waals surface area contributed by atoms with E-state index in [0.29, 0.717) is 6.42 Å². The van der Waals surface area contributed by atoms with Crippen LogP contribution in [0.1, 0.15) is 16.7 Å². The molecule has 15 heavy (non-hydrogen) atoms. The Bertz CT molecular complexity index is 408. The summed E-state index contributed by atoms with van der Waals surface area (Å²) in [6, 6.07) is 0.0420. The van der Waals surface area contributed by atoms with Crippen molar-refractivity contribution in [3.8, 4) is 0 Å². The van der Waals surface area contributed by atoms with Crippen LogP contribution in [-0.2, 0) is 13.5 Å². The molecule has 1 unspecified atom stereocenters. The van der Waals surface area contributed by atoms with Gasteiger partial charge in [0.2, 0.25) is 0 Å². The van der Waals surface area contributed by atoms with E-state index in [9.17, 15) is 0 Å². The lowest BCUT2D eigenvalue weighted by molar-refractivity contribution is 0.529. The quantitative estimate of drug-likeness (QED) is 0.565. The normalized spacial score (nSPS) is 12.9. The standard InChI is InChI=1S/C8H12N6S/c1-14-8(11-4-12-14)2-6(13-9)7-3-10-5-15-7/h3-6,13H,2,9H2,1H3. The second-order valence-corrected chi connectivity index (χ2v) is 4.04. The fourth-order valence-electron chi connectivity index (χ4n) is 1.33. The van der Waals surface area contributed by atoms with Gasteiger partial charge in [0, 0.05) is 24.5 Å². The minimum Gasteiger partial charge on any atom is -0.271 e. The summed E-state index contributed by atoms with van der Waals surface area (Å²) >= 11 is 1.57. The molecule has 0 saturated heterocycles. The Morgan fingerprint density at radius 2 is 2.53 bits per heavy atom. The fourth-order valence-corrected chi connectivity index (χ4v) is 2.01. The molecule has 0 aliphatic carbocycles. The molecule has 0 spiro atoms. The van der Waals surface area contributed by atoms with Gasteiger partial charge < -0.3 is 0 Å². The third-order valence-electron chi connectivity index (χ3n) is 2.19. The van der Waals surface area contributed by atoms with Crippen molar-refractivity contribution < 1.29 is 0 Å². The molecular weight excluding hydrogens is 212 g/mol. The van der Waals surface area contributed by atoms with Crippen LogP contribution in [-0.4, -0.2) is 19.7 Å². The fraction of sp³-hybridized carbons (Fsp3) is 0.375. The first-order chi connectivity index (χ1) is 7.31. The van der Waals surface area contributed by atoms with Gasteiger partial charge in [-0.2, -0.15) is 5.10 Å². The van der Waals surface area contributed by atoms with Crippen molar-refractivity contribution in [2.45, 2.75) is 12.5 Å². The lowest BCUT2D eigenvalue weighted by Gasteiger charge is -2.12. The van der Waals surface area contributed by atoms with Gasteiger partial charge in [0.15, 0.2) is 0 Å². The largest absolute Gasteiger partial charge is 0.271 e. The van der Waals surface area contributed by atoms with Crippen LogP contribution < -0.4 is 11.3 Å². The van der Waals surface area contributed by atoms with Gasteiger partial charge >= 0.3 is 0 Å². The van der Waals surface area contributed by atoms with Crippen LogP contribution >= 0.6 is 11.3 Å². The smallest absolute Gasteiger partial charge is 0.138 e. The third kappa shape index (κ3) is 2.20. The number of nitrogens with one attached hydrogen (secondary N) is 1. The van der Waals surface area contributed by atoms with Crippen LogP contribution in [0.5, 0.6) is 0 Å². The second-order valence-electron chi connectivity index (χ2n) is 3.13. The number of nitrogens with zero attached hydrogens (tertiary/aromatic N) is 4. The first-order valence-corrected chi connectivity index (χ1v) is 5.36. The van der Waals surface area contributed by atoms with Crippen LogP contribution in [0.15, 0.2) is 18.0 Å². The number of hydrogen-bond acceptors (Lipinski definition) is 6. The molecule has 0 radical (unpaired) electrons. The molecule has 1 atom stereocenters. The molecular formula is C8H12N6S. The van der Waals surface area contributed by atoms with E-state index < -0.39 is 0 Å². The average molecular weight is 224 g/mol. The monoisotopic (exact) mass is 224 g/mol. The van der Waals surface area contributed by atoms with E-state index in [-0.39, 0.29) is 6.04 Å². The molecule has 7 heteroatoms. The highest BCUT2D eigenvalue weighted by Gasteiger charge is 2.14. The van der Waals surface area contributed by atoms with Gasteiger partial charge in [-0.25, -0.2) is 4.98 Å². The second kappa shape index (κ2) is 4.47. The number of hydrazine groups is 1. The molecule has 0 aromatic carbocycles. The predicted octanol–water partition coefficient (Wildman–Crippen LogP) is 0.0187. The minimum absolute atomic E-state index is 0.0420. The summed E-state index contributed by atoms with van der Waals surface area (Å²) in [5.74, 6) is 6.40. The van der Waals surface area contributed by atoms with Crippen molar-refractivity contribution in [3.05, 3.63) is 28.7 Å². The lowest BCUT2D eigenvalue weighted by Crippen LogP contribution is -2.29. The van der Waals surface area contributed by atoms with Gasteiger partial charge in [-0.3, -0.25) is 20.9 Å². The van der Waals surface area contributed by atoms with E-state index in [0.717, 1.165) is 10.7 Å². The SMILES string of the molecule is Cn1ncnc1CC(NN)c1cncs1. The first kappa shape index (κ1) is 10.2. The van der Waals surface area contributed by atoms with Gasteiger partial charge in [-0.15, -0.1) is 11.3 Å². The highest BCUT2D eigenvalue weighted by molar-refractivity contribution is 7.09. The van der Waals surface area contributed by atoms with Crippen molar-refractivity contribution in [1.82, 2.24) is 25.2 Å². The highest BCUT2D eigenvalue weighted by atomic mass is 32.1. The summed E-state index contributed by atoms with van der Waals surface area (Å²) in [6.07, 6.45) is 4.05. The van der Waals surface area contributed by atoms with Crippen molar-refractivity contribution >= 4 is 11.3 Å². The zero-order chi connectivity index (χ0) is 10.7. The van der Waals surface area contributed by atoms with E-state index in [2.05, 4.69) is 20.5 Å². The molecule has 0 aliphatic heterocycles. The van der Waals surface area contributed by atoms with E-state index >= 15 is 0 Å². The van der Waals surface area contributed by atoms with Gasteiger partial charge in [0.05, 0.1) is 11.6 Å². The Balaban J connectivity index is 2.13. The Morgan fingerprint density at radius 1 is 1.67 bits per heavy atom. The number of aryl methyl sites for hydroxylation is 1. The van der Waals surface area contributed by atoms with Gasteiger partial charge in [0.1, 0.15) is 12.2 Å². The molecule has 0 amide bonds. The minimum atomic E-state index is 0.0420. The molecule has 2 heterocycles.